The van der Waals surface area contributed by atoms with Gasteiger partial charge in [-0.3, -0.25) is 0 Å². The SMILES string of the molecule is C#CCNCC(O)COC1CCCCC1C. The van der Waals surface area contributed by atoms with E-state index in [1.165, 1.54) is 19.3 Å². The van der Waals surface area contributed by atoms with Crippen LogP contribution >= 0.6 is 0 Å². The van der Waals surface area contributed by atoms with Gasteiger partial charge in [0.25, 0.3) is 0 Å². The van der Waals surface area contributed by atoms with Gasteiger partial charge >= 0.3 is 0 Å². The fourth-order valence-electron chi connectivity index (χ4n) is 2.13. The Hall–Kier alpha value is -0.560. The summed E-state index contributed by atoms with van der Waals surface area (Å²) in [4.78, 5) is 0. The molecule has 0 aliphatic heterocycles. The first kappa shape index (κ1) is 13.5. The Kier molecular flexibility index (Phi) is 6.47. The first-order valence-electron chi connectivity index (χ1n) is 6.18. The molecule has 0 heterocycles. The van der Waals surface area contributed by atoms with Crippen LogP contribution in [0.25, 0.3) is 0 Å². The van der Waals surface area contributed by atoms with Crippen LogP contribution in [0.4, 0.5) is 0 Å². The molecule has 0 spiro atoms. The predicted octanol–water partition coefficient (Wildman–Crippen LogP) is 1.17. The lowest BCUT2D eigenvalue weighted by Crippen LogP contribution is -2.34. The van der Waals surface area contributed by atoms with Crippen LogP contribution in [0.5, 0.6) is 0 Å². The summed E-state index contributed by atoms with van der Waals surface area (Å²) in [6, 6.07) is 0. The van der Waals surface area contributed by atoms with Gasteiger partial charge in [-0.05, 0) is 18.8 Å². The number of aliphatic hydroxyl groups is 1. The first-order valence-corrected chi connectivity index (χ1v) is 6.18. The summed E-state index contributed by atoms with van der Waals surface area (Å²) in [5, 5.41) is 12.6. The highest BCUT2D eigenvalue weighted by Gasteiger charge is 2.22. The summed E-state index contributed by atoms with van der Waals surface area (Å²) >= 11 is 0. The summed E-state index contributed by atoms with van der Waals surface area (Å²) in [5.41, 5.74) is 0. The molecule has 0 saturated heterocycles. The lowest BCUT2D eigenvalue weighted by molar-refractivity contribution is -0.0449. The van der Waals surface area contributed by atoms with Crippen LogP contribution in [-0.4, -0.2) is 37.0 Å². The number of hydrogen-bond donors (Lipinski definition) is 2. The molecule has 3 heteroatoms. The Bertz CT molecular complexity index is 224. The number of terminal acetylenes is 1. The smallest absolute Gasteiger partial charge is 0.0898 e. The van der Waals surface area contributed by atoms with Gasteiger partial charge in [-0.15, -0.1) is 6.42 Å². The molecule has 1 rings (SSSR count). The number of ether oxygens (including phenoxy) is 1. The highest BCUT2D eigenvalue weighted by Crippen LogP contribution is 2.26. The Morgan fingerprint density at radius 2 is 2.25 bits per heavy atom. The predicted molar refractivity (Wildman–Crippen MR) is 65.1 cm³/mol. The minimum atomic E-state index is -0.456. The van der Waals surface area contributed by atoms with Crippen LogP contribution in [0.15, 0.2) is 0 Å². The van der Waals surface area contributed by atoms with E-state index < -0.39 is 6.10 Å². The number of nitrogens with one attached hydrogen (secondary N) is 1. The molecule has 3 nitrogen and oxygen atoms in total. The van der Waals surface area contributed by atoms with Gasteiger partial charge < -0.3 is 15.2 Å². The van der Waals surface area contributed by atoms with Crippen molar-refractivity contribution in [1.82, 2.24) is 5.32 Å². The summed E-state index contributed by atoms with van der Waals surface area (Å²) in [5.74, 6) is 3.10. The van der Waals surface area contributed by atoms with Gasteiger partial charge in [0.05, 0.1) is 25.4 Å². The van der Waals surface area contributed by atoms with E-state index in [0.29, 0.717) is 31.7 Å². The maximum absolute atomic E-state index is 9.64. The van der Waals surface area contributed by atoms with E-state index >= 15 is 0 Å². The van der Waals surface area contributed by atoms with Crippen molar-refractivity contribution in [2.24, 2.45) is 5.92 Å². The molecule has 1 aliphatic carbocycles. The van der Waals surface area contributed by atoms with Crippen molar-refractivity contribution in [3.05, 3.63) is 0 Å². The molecule has 0 aromatic heterocycles. The third kappa shape index (κ3) is 4.98. The molecule has 0 amide bonds. The molecule has 0 bridgehead atoms. The third-order valence-corrected chi connectivity index (χ3v) is 3.14. The summed E-state index contributed by atoms with van der Waals surface area (Å²) < 4.78 is 5.75. The molecule has 3 atom stereocenters. The van der Waals surface area contributed by atoms with Crippen molar-refractivity contribution in [3.63, 3.8) is 0 Å². The van der Waals surface area contributed by atoms with E-state index in [9.17, 15) is 5.11 Å². The molecular weight excluding hydrogens is 202 g/mol. The van der Waals surface area contributed by atoms with Crippen molar-refractivity contribution >= 4 is 0 Å². The average Bonchev–Trinajstić information content (AvgIpc) is 2.28. The monoisotopic (exact) mass is 225 g/mol. The van der Waals surface area contributed by atoms with E-state index in [1.807, 2.05) is 0 Å². The second-order valence-corrected chi connectivity index (χ2v) is 4.62. The van der Waals surface area contributed by atoms with Crippen LogP contribution in [0.1, 0.15) is 32.6 Å². The maximum atomic E-state index is 9.64. The highest BCUT2D eigenvalue weighted by atomic mass is 16.5. The van der Waals surface area contributed by atoms with Gasteiger partial charge in [0.15, 0.2) is 0 Å². The average molecular weight is 225 g/mol. The molecule has 1 fully saturated rings. The van der Waals surface area contributed by atoms with Gasteiger partial charge in [0.2, 0.25) is 0 Å². The standard InChI is InChI=1S/C13H23NO2/c1-3-8-14-9-12(15)10-16-13-7-5-4-6-11(13)2/h1,11-15H,4-10H2,2H3. The number of hydrogen-bond acceptors (Lipinski definition) is 3. The van der Waals surface area contributed by atoms with E-state index in [-0.39, 0.29) is 0 Å². The highest BCUT2D eigenvalue weighted by molar-refractivity contribution is 4.86. The van der Waals surface area contributed by atoms with Crippen LogP contribution in [0.2, 0.25) is 0 Å². The second kappa shape index (κ2) is 7.67. The minimum Gasteiger partial charge on any atom is -0.389 e. The molecule has 0 aromatic rings. The first-order chi connectivity index (χ1) is 7.74. The lowest BCUT2D eigenvalue weighted by atomic mass is 9.88. The Morgan fingerprint density at radius 1 is 1.50 bits per heavy atom. The van der Waals surface area contributed by atoms with E-state index in [0.717, 1.165) is 6.42 Å². The van der Waals surface area contributed by atoms with Gasteiger partial charge in [0, 0.05) is 6.54 Å². The van der Waals surface area contributed by atoms with Gasteiger partial charge in [-0.25, -0.2) is 0 Å². The Labute approximate surface area is 98.6 Å². The molecule has 2 N–H and O–H groups in total. The molecule has 1 saturated carbocycles. The second-order valence-electron chi connectivity index (χ2n) is 4.62. The van der Waals surface area contributed by atoms with Gasteiger partial charge in [-0.1, -0.05) is 25.7 Å². The molecule has 0 aromatic carbocycles. The molecule has 0 radical (unpaired) electrons. The van der Waals surface area contributed by atoms with Crippen molar-refractivity contribution in [3.8, 4) is 12.3 Å². The summed E-state index contributed by atoms with van der Waals surface area (Å²) in [7, 11) is 0. The summed E-state index contributed by atoms with van der Waals surface area (Å²) in [6.07, 6.45) is 9.91. The Balaban J connectivity index is 2.10. The fourth-order valence-corrected chi connectivity index (χ4v) is 2.13. The third-order valence-electron chi connectivity index (χ3n) is 3.14. The number of rotatable bonds is 6. The van der Waals surface area contributed by atoms with Gasteiger partial charge in [0.1, 0.15) is 0 Å². The zero-order valence-corrected chi connectivity index (χ0v) is 10.1. The van der Waals surface area contributed by atoms with Crippen molar-refractivity contribution in [2.75, 3.05) is 19.7 Å². The van der Waals surface area contributed by atoms with E-state index in [4.69, 9.17) is 11.2 Å². The fraction of sp³-hybridized carbons (Fsp3) is 0.846. The van der Waals surface area contributed by atoms with E-state index in [2.05, 4.69) is 18.2 Å². The van der Waals surface area contributed by atoms with Gasteiger partial charge in [-0.2, -0.15) is 0 Å². The van der Waals surface area contributed by atoms with Crippen molar-refractivity contribution in [1.29, 1.82) is 0 Å². The zero-order chi connectivity index (χ0) is 11.8. The van der Waals surface area contributed by atoms with Crippen LogP contribution in [-0.2, 0) is 4.74 Å². The molecule has 1 aliphatic rings. The molecule has 92 valence electrons. The van der Waals surface area contributed by atoms with Crippen molar-refractivity contribution < 1.29 is 9.84 Å². The largest absolute Gasteiger partial charge is 0.389 e. The zero-order valence-electron chi connectivity index (χ0n) is 10.1. The molecular formula is C13H23NO2. The lowest BCUT2D eigenvalue weighted by Gasteiger charge is -2.29. The van der Waals surface area contributed by atoms with Crippen LogP contribution in [0.3, 0.4) is 0 Å². The molecule has 3 unspecified atom stereocenters. The van der Waals surface area contributed by atoms with Crippen molar-refractivity contribution in [2.45, 2.75) is 44.8 Å². The van der Waals surface area contributed by atoms with Crippen LogP contribution < -0.4 is 5.32 Å². The topological polar surface area (TPSA) is 41.5 Å². The number of aliphatic hydroxyl groups excluding tert-OH is 1. The molecule has 16 heavy (non-hydrogen) atoms. The quantitative estimate of drug-likeness (QED) is 0.526. The van der Waals surface area contributed by atoms with E-state index in [1.54, 1.807) is 0 Å². The normalized spacial score (nSPS) is 27.3. The maximum Gasteiger partial charge on any atom is 0.0898 e. The summed E-state index contributed by atoms with van der Waals surface area (Å²) in [6.45, 7) is 3.64. The Morgan fingerprint density at radius 3 is 2.94 bits per heavy atom. The minimum absolute atomic E-state index is 0.330. The van der Waals surface area contributed by atoms with Crippen LogP contribution in [0, 0.1) is 18.3 Å².